The first kappa shape index (κ1) is 12.5. The largest absolute Gasteiger partial charge is 0.234 e. The number of halogens is 3. The van der Waals surface area contributed by atoms with Gasteiger partial charge in [0.15, 0.2) is 0 Å². The zero-order valence-electron chi connectivity index (χ0n) is 9.54. The average Bonchev–Trinajstić information content (AvgIpc) is 3.10. The molecule has 18 heavy (non-hydrogen) atoms. The minimum Gasteiger partial charge on any atom is -0.234 e. The van der Waals surface area contributed by atoms with Crippen molar-refractivity contribution in [2.75, 3.05) is 0 Å². The first-order valence-electron chi connectivity index (χ1n) is 5.79. The van der Waals surface area contributed by atoms with E-state index in [1.165, 1.54) is 18.4 Å². The van der Waals surface area contributed by atoms with Crippen LogP contribution in [0.15, 0.2) is 24.4 Å². The lowest BCUT2D eigenvalue weighted by Gasteiger charge is -2.10. The van der Waals surface area contributed by atoms with Gasteiger partial charge in [-0.2, -0.15) is 5.10 Å². The Morgan fingerprint density at radius 2 is 1.94 bits per heavy atom. The molecule has 2 aromatic rings. The maximum Gasteiger partial charge on any atom is 0.102 e. The van der Waals surface area contributed by atoms with Crippen molar-refractivity contribution in [1.29, 1.82) is 0 Å². The Balaban J connectivity index is 2.16. The van der Waals surface area contributed by atoms with E-state index in [0.29, 0.717) is 16.0 Å². The summed E-state index contributed by atoms with van der Waals surface area (Å²) in [6.07, 6.45) is 4.44. The fraction of sp³-hybridized carbons (Fsp3) is 0.308. The topological polar surface area (TPSA) is 17.8 Å². The van der Waals surface area contributed by atoms with Gasteiger partial charge in [-0.05, 0) is 36.5 Å². The molecule has 0 atom stereocenters. The summed E-state index contributed by atoms with van der Waals surface area (Å²) >= 11 is 16.0. The van der Waals surface area contributed by atoms with Crippen LogP contribution in [0.25, 0.3) is 5.69 Å². The van der Waals surface area contributed by atoms with E-state index in [1.54, 1.807) is 0 Å². The minimum atomic E-state index is 0.621. The molecule has 1 aliphatic rings. The van der Waals surface area contributed by atoms with Crippen LogP contribution in [0.1, 0.15) is 30.0 Å². The van der Waals surface area contributed by atoms with Crippen molar-refractivity contribution in [1.82, 2.24) is 9.78 Å². The monoisotopic (exact) mass is 344 g/mol. The highest BCUT2D eigenvalue weighted by atomic mass is 79.9. The summed E-state index contributed by atoms with van der Waals surface area (Å²) in [6.45, 7) is 0. The molecule has 1 aromatic heterocycles. The van der Waals surface area contributed by atoms with Gasteiger partial charge in [-0.3, -0.25) is 0 Å². The Morgan fingerprint density at radius 1 is 1.28 bits per heavy atom. The quantitative estimate of drug-likeness (QED) is 0.719. The Bertz CT molecular complexity index is 570. The molecule has 0 radical (unpaired) electrons. The number of alkyl halides is 1. The summed E-state index contributed by atoms with van der Waals surface area (Å²) in [5.74, 6) is 0.660. The van der Waals surface area contributed by atoms with Crippen LogP contribution in [0.4, 0.5) is 0 Å². The Hall–Kier alpha value is -0.510. The van der Waals surface area contributed by atoms with Crippen LogP contribution in [-0.2, 0) is 5.33 Å². The van der Waals surface area contributed by atoms with Crippen LogP contribution < -0.4 is 0 Å². The summed E-state index contributed by atoms with van der Waals surface area (Å²) in [4.78, 5) is 0. The van der Waals surface area contributed by atoms with E-state index in [1.807, 2.05) is 29.1 Å². The highest BCUT2D eigenvalue weighted by Gasteiger charge is 2.29. The maximum atomic E-state index is 6.24. The summed E-state index contributed by atoms with van der Waals surface area (Å²) in [6, 6.07) is 5.51. The standard InChI is InChI=1S/C13H11BrCl2N2/c14-6-12-9(8-4-5-8)7-17-18(12)13-10(15)2-1-3-11(13)16/h1-3,7-8H,4-6H2. The van der Waals surface area contributed by atoms with E-state index in [9.17, 15) is 0 Å². The first-order chi connectivity index (χ1) is 8.72. The van der Waals surface area contributed by atoms with E-state index in [4.69, 9.17) is 23.2 Å². The molecule has 0 aliphatic heterocycles. The maximum absolute atomic E-state index is 6.24. The van der Waals surface area contributed by atoms with Gasteiger partial charge in [-0.1, -0.05) is 45.2 Å². The molecular formula is C13H11BrCl2N2. The van der Waals surface area contributed by atoms with Gasteiger partial charge in [0.25, 0.3) is 0 Å². The van der Waals surface area contributed by atoms with Crippen molar-refractivity contribution in [3.05, 3.63) is 45.7 Å². The van der Waals surface area contributed by atoms with Crippen molar-refractivity contribution < 1.29 is 0 Å². The van der Waals surface area contributed by atoms with Gasteiger partial charge in [-0.15, -0.1) is 0 Å². The molecule has 0 spiro atoms. The van der Waals surface area contributed by atoms with E-state index < -0.39 is 0 Å². The van der Waals surface area contributed by atoms with E-state index in [0.717, 1.165) is 16.7 Å². The second kappa shape index (κ2) is 4.87. The summed E-state index contributed by atoms with van der Waals surface area (Å²) in [5, 5.41) is 6.45. The van der Waals surface area contributed by atoms with Gasteiger partial charge < -0.3 is 0 Å². The van der Waals surface area contributed by atoms with E-state index in [-0.39, 0.29) is 0 Å². The lowest BCUT2D eigenvalue weighted by molar-refractivity contribution is 0.840. The lowest BCUT2D eigenvalue weighted by Crippen LogP contribution is -2.03. The fourth-order valence-corrected chi connectivity index (χ4v) is 3.26. The van der Waals surface area contributed by atoms with E-state index >= 15 is 0 Å². The summed E-state index contributed by atoms with van der Waals surface area (Å²) in [5.41, 5.74) is 3.22. The van der Waals surface area contributed by atoms with E-state index in [2.05, 4.69) is 21.0 Å². The average molecular weight is 346 g/mol. The number of benzene rings is 1. The molecule has 1 fully saturated rings. The number of hydrogen-bond donors (Lipinski definition) is 0. The Labute approximate surface area is 124 Å². The van der Waals surface area contributed by atoms with Gasteiger partial charge >= 0.3 is 0 Å². The van der Waals surface area contributed by atoms with Gasteiger partial charge in [-0.25, -0.2) is 4.68 Å². The molecule has 3 rings (SSSR count). The van der Waals surface area contributed by atoms with Crippen LogP contribution in [0.2, 0.25) is 10.0 Å². The molecule has 94 valence electrons. The molecule has 0 bridgehead atoms. The SMILES string of the molecule is Clc1cccc(Cl)c1-n1ncc(C2CC2)c1CBr. The number of hydrogen-bond acceptors (Lipinski definition) is 1. The lowest BCUT2D eigenvalue weighted by atomic mass is 10.2. The van der Waals surface area contributed by atoms with Crippen LogP contribution in [0, 0.1) is 0 Å². The van der Waals surface area contributed by atoms with Crippen molar-refractivity contribution >= 4 is 39.1 Å². The van der Waals surface area contributed by atoms with Crippen LogP contribution in [-0.4, -0.2) is 9.78 Å². The second-order valence-corrected chi connectivity index (χ2v) is 5.81. The Morgan fingerprint density at radius 3 is 2.50 bits per heavy atom. The molecule has 1 aromatic carbocycles. The fourth-order valence-electron chi connectivity index (χ4n) is 2.14. The van der Waals surface area contributed by atoms with Crippen LogP contribution in [0.3, 0.4) is 0 Å². The van der Waals surface area contributed by atoms with Crippen LogP contribution in [0.5, 0.6) is 0 Å². The highest BCUT2D eigenvalue weighted by molar-refractivity contribution is 9.08. The number of rotatable bonds is 3. The number of para-hydroxylation sites is 1. The van der Waals surface area contributed by atoms with Gasteiger partial charge in [0.1, 0.15) is 5.69 Å². The second-order valence-electron chi connectivity index (χ2n) is 4.44. The van der Waals surface area contributed by atoms with Crippen molar-refractivity contribution in [3.63, 3.8) is 0 Å². The molecule has 2 nitrogen and oxygen atoms in total. The molecule has 5 heteroatoms. The molecule has 1 aliphatic carbocycles. The third kappa shape index (κ3) is 2.09. The van der Waals surface area contributed by atoms with Crippen LogP contribution >= 0.6 is 39.1 Å². The zero-order chi connectivity index (χ0) is 12.7. The normalized spacial score (nSPS) is 15.1. The first-order valence-corrected chi connectivity index (χ1v) is 7.67. The molecule has 0 N–H and O–H groups in total. The number of nitrogens with zero attached hydrogens (tertiary/aromatic N) is 2. The van der Waals surface area contributed by atoms with Crippen molar-refractivity contribution in [2.45, 2.75) is 24.1 Å². The van der Waals surface area contributed by atoms with Crippen molar-refractivity contribution in [2.24, 2.45) is 0 Å². The van der Waals surface area contributed by atoms with Gasteiger partial charge in [0.2, 0.25) is 0 Å². The predicted molar refractivity (Wildman–Crippen MR) is 78.2 cm³/mol. The zero-order valence-corrected chi connectivity index (χ0v) is 12.6. The molecule has 0 saturated heterocycles. The third-order valence-corrected chi connectivity index (χ3v) is 4.34. The van der Waals surface area contributed by atoms with Crippen molar-refractivity contribution in [3.8, 4) is 5.69 Å². The summed E-state index contributed by atoms with van der Waals surface area (Å²) in [7, 11) is 0. The molecular weight excluding hydrogens is 335 g/mol. The molecule has 1 heterocycles. The number of aromatic nitrogens is 2. The molecule has 0 amide bonds. The third-order valence-electron chi connectivity index (χ3n) is 3.19. The molecule has 0 unspecified atom stereocenters. The predicted octanol–water partition coefficient (Wildman–Crippen LogP) is 4.95. The molecule has 1 saturated carbocycles. The smallest absolute Gasteiger partial charge is 0.102 e. The van der Waals surface area contributed by atoms with Gasteiger partial charge in [0, 0.05) is 5.33 Å². The highest BCUT2D eigenvalue weighted by Crippen LogP contribution is 2.43. The minimum absolute atomic E-state index is 0.621. The Kier molecular flexibility index (Phi) is 3.39. The summed E-state index contributed by atoms with van der Waals surface area (Å²) < 4.78 is 1.85. The van der Waals surface area contributed by atoms with Gasteiger partial charge in [0.05, 0.1) is 21.9 Å².